The van der Waals surface area contributed by atoms with Gasteiger partial charge in [0, 0.05) is 25.8 Å². The topological polar surface area (TPSA) is 132 Å². The Morgan fingerprint density at radius 3 is 2.38 bits per heavy atom. The van der Waals surface area contributed by atoms with Gasteiger partial charge in [0.1, 0.15) is 17.4 Å². The lowest BCUT2D eigenvalue weighted by atomic mass is 10.1. The van der Waals surface area contributed by atoms with Crippen molar-refractivity contribution in [2.45, 2.75) is 0 Å². The molecule has 0 unspecified atom stereocenters. The van der Waals surface area contributed by atoms with Crippen molar-refractivity contribution in [3.63, 3.8) is 0 Å². The van der Waals surface area contributed by atoms with Crippen molar-refractivity contribution in [3.05, 3.63) is 75.3 Å². The molecule has 2 rings (SSSR count). The normalized spacial score (nSPS) is 10.7. The van der Waals surface area contributed by atoms with E-state index in [1.165, 1.54) is 49.6 Å². The molecule has 0 radical (unpaired) electrons. The molecule has 9 heteroatoms. The van der Waals surface area contributed by atoms with Crippen LogP contribution in [0.15, 0.2) is 54.1 Å². The summed E-state index contributed by atoms with van der Waals surface area (Å²) >= 11 is 0. The van der Waals surface area contributed by atoms with Crippen molar-refractivity contribution < 1.29 is 24.0 Å². The van der Waals surface area contributed by atoms with E-state index in [2.05, 4.69) is 5.32 Å². The minimum absolute atomic E-state index is 0.0725. The molecule has 0 aliphatic heterocycles. The molecule has 148 valence electrons. The number of nitrogens with one attached hydrogen (secondary N) is 1. The molecule has 2 aromatic rings. The minimum Gasteiger partial charge on any atom is -0.423 e. The van der Waals surface area contributed by atoms with Gasteiger partial charge in [-0.15, -0.1) is 0 Å². The first-order chi connectivity index (χ1) is 13.9. The molecule has 0 aliphatic carbocycles. The molecule has 0 aromatic heterocycles. The van der Waals surface area contributed by atoms with Crippen LogP contribution in [-0.2, 0) is 9.53 Å². The largest absolute Gasteiger partial charge is 0.423 e. The van der Waals surface area contributed by atoms with Crippen LogP contribution in [0.25, 0.3) is 6.08 Å². The number of esters is 1. The van der Waals surface area contributed by atoms with Gasteiger partial charge in [-0.3, -0.25) is 14.9 Å². The van der Waals surface area contributed by atoms with E-state index in [0.29, 0.717) is 12.2 Å². The summed E-state index contributed by atoms with van der Waals surface area (Å²) in [7, 11) is 1.50. The highest BCUT2D eigenvalue weighted by Crippen LogP contribution is 2.18. The molecule has 29 heavy (non-hydrogen) atoms. The maximum absolute atomic E-state index is 12.1. The Morgan fingerprint density at radius 1 is 1.17 bits per heavy atom. The van der Waals surface area contributed by atoms with Gasteiger partial charge in [0.15, 0.2) is 0 Å². The van der Waals surface area contributed by atoms with Crippen LogP contribution < -0.4 is 10.1 Å². The first-order valence-corrected chi connectivity index (χ1v) is 8.40. The van der Waals surface area contributed by atoms with Crippen LogP contribution in [0.5, 0.6) is 5.75 Å². The van der Waals surface area contributed by atoms with E-state index in [1.54, 1.807) is 12.1 Å². The number of non-ortho nitro benzene ring substituents is 1. The first kappa shape index (κ1) is 21.3. The highest BCUT2D eigenvalue weighted by Gasteiger charge is 2.12. The maximum atomic E-state index is 12.1. The average Bonchev–Trinajstić information content (AvgIpc) is 2.73. The molecule has 0 spiro atoms. The zero-order valence-corrected chi connectivity index (χ0v) is 15.5. The molecule has 0 bridgehead atoms. The predicted molar refractivity (Wildman–Crippen MR) is 103 cm³/mol. The van der Waals surface area contributed by atoms with E-state index in [1.807, 2.05) is 6.07 Å². The van der Waals surface area contributed by atoms with Crippen LogP contribution in [0, 0.1) is 21.4 Å². The van der Waals surface area contributed by atoms with Gasteiger partial charge in [0.2, 0.25) is 0 Å². The van der Waals surface area contributed by atoms with Gasteiger partial charge in [-0.25, -0.2) is 4.79 Å². The van der Waals surface area contributed by atoms with Crippen molar-refractivity contribution >= 4 is 23.6 Å². The van der Waals surface area contributed by atoms with Gasteiger partial charge >= 0.3 is 5.97 Å². The standard InChI is InChI=1S/C20H17N3O6/c1-28-11-10-22-19(24)16(13-21)12-14-2-8-18(9-3-14)29-20(25)15-4-6-17(7-5-15)23(26)27/h2-9,12H,10-11H2,1H3,(H,22,24)/b16-12+. The summed E-state index contributed by atoms with van der Waals surface area (Å²) in [6.45, 7) is 0.616. The lowest BCUT2D eigenvalue weighted by Gasteiger charge is -2.05. The van der Waals surface area contributed by atoms with Gasteiger partial charge < -0.3 is 14.8 Å². The van der Waals surface area contributed by atoms with Crippen LogP contribution in [0.3, 0.4) is 0 Å². The summed E-state index contributed by atoms with van der Waals surface area (Å²) in [5, 5.41) is 22.3. The fourth-order valence-electron chi connectivity index (χ4n) is 2.19. The van der Waals surface area contributed by atoms with Crippen LogP contribution in [0.4, 0.5) is 5.69 Å². The Hall–Kier alpha value is -4.03. The highest BCUT2D eigenvalue weighted by atomic mass is 16.6. The zero-order chi connectivity index (χ0) is 21.2. The average molecular weight is 395 g/mol. The number of hydrogen-bond donors (Lipinski definition) is 1. The number of rotatable bonds is 8. The van der Waals surface area contributed by atoms with E-state index in [-0.39, 0.29) is 29.1 Å². The molecule has 0 saturated carbocycles. The summed E-state index contributed by atoms with van der Waals surface area (Å²) in [6.07, 6.45) is 1.41. The summed E-state index contributed by atoms with van der Waals surface area (Å²) in [6, 6.07) is 13.0. The molecule has 2 aromatic carbocycles. The first-order valence-electron chi connectivity index (χ1n) is 8.40. The molecule has 0 heterocycles. The number of nitro benzene ring substituents is 1. The lowest BCUT2D eigenvalue weighted by Crippen LogP contribution is -2.27. The van der Waals surface area contributed by atoms with Crippen LogP contribution >= 0.6 is 0 Å². The van der Waals surface area contributed by atoms with Crippen molar-refractivity contribution in [1.29, 1.82) is 5.26 Å². The number of nitrogens with zero attached hydrogens (tertiary/aromatic N) is 2. The zero-order valence-electron chi connectivity index (χ0n) is 15.5. The molecular weight excluding hydrogens is 378 g/mol. The molecular formula is C20H17N3O6. The Kier molecular flexibility index (Phi) is 7.59. The van der Waals surface area contributed by atoms with Crippen molar-refractivity contribution in [3.8, 4) is 11.8 Å². The third kappa shape index (κ3) is 6.27. The number of ether oxygens (including phenoxy) is 2. The molecule has 0 saturated heterocycles. The van der Waals surface area contributed by atoms with Crippen LogP contribution in [0.2, 0.25) is 0 Å². The number of carbonyl (C=O) groups excluding carboxylic acids is 2. The SMILES string of the molecule is COCCNC(=O)/C(C#N)=C/c1ccc(OC(=O)c2ccc([N+](=O)[O-])cc2)cc1. The van der Waals surface area contributed by atoms with Gasteiger partial charge in [-0.05, 0) is 35.9 Å². The summed E-state index contributed by atoms with van der Waals surface area (Å²) < 4.78 is 10.0. The Labute approximate surface area is 166 Å². The van der Waals surface area contributed by atoms with Crippen LogP contribution in [-0.4, -0.2) is 37.1 Å². The maximum Gasteiger partial charge on any atom is 0.343 e. The predicted octanol–water partition coefficient (Wildman–Crippen LogP) is 2.48. The quantitative estimate of drug-likeness (QED) is 0.138. The highest BCUT2D eigenvalue weighted by molar-refractivity contribution is 6.01. The Morgan fingerprint density at radius 2 is 1.83 bits per heavy atom. The second kappa shape index (κ2) is 10.3. The molecule has 9 nitrogen and oxygen atoms in total. The van der Waals surface area contributed by atoms with E-state index in [0.717, 1.165) is 0 Å². The number of nitriles is 1. The van der Waals surface area contributed by atoms with Crippen molar-refractivity contribution in [2.75, 3.05) is 20.3 Å². The van der Waals surface area contributed by atoms with Gasteiger partial charge in [0.25, 0.3) is 11.6 Å². The number of amides is 1. The van der Waals surface area contributed by atoms with Crippen molar-refractivity contribution in [1.82, 2.24) is 5.32 Å². The third-order valence-electron chi connectivity index (χ3n) is 3.67. The van der Waals surface area contributed by atoms with E-state index >= 15 is 0 Å². The molecule has 1 amide bonds. The van der Waals surface area contributed by atoms with Gasteiger partial charge in [-0.2, -0.15) is 5.26 Å². The number of hydrogen-bond acceptors (Lipinski definition) is 7. The van der Waals surface area contributed by atoms with Gasteiger partial charge in [0.05, 0.1) is 17.1 Å². The van der Waals surface area contributed by atoms with E-state index in [9.17, 15) is 19.7 Å². The number of benzene rings is 2. The number of carbonyl (C=O) groups is 2. The fraction of sp³-hybridized carbons (Fsp3) is 0.150. The molecule has 0 fully saturated rings. The Balaban J connectivity index is 2.03. The van der Waals surface area contributed by atoms with Crippen LogP contribution in [0.1, 0.15) is 15.9 Å². The summed E-state index contributed by atoms with van der Waals surface area (Å²) in [5.74, 6) is -0.940. The molecule has 0 aliphatic rings. The smallest absolute Gasteiger partial charge is 0.343 e. The number of nitro groups is 1. The Bertz CT molecular complexity index is 959. The third-order valence-corrected chi connectivity index (χ3v) is 3.67. The van der Waals surface area contributed by atoms with E-state index < -0.39 is 16.8 Å². The second-order valence-corrected chi connectivity index (χ2v) is 5.68. The van der Waals surface area contributed by atoms with Gasteiger partial charge in [-0.1, -0.05) is 12.1 Å². The van der Waals surface area contributed by atoms with E-state index in [4.69, 9.17) is 14.7 Å². The number of methoxy groups -OCH3 is 1. The lowest BCUT2D eigenvalue weighted by molar-refractivity contribution is -0.384. The monoisotopic (exact) mass is 395 g/mol. The fourth-order valence-corrected chi connectivity index (χ4v) is 2.19. The minimum atomic E-state index is -0.668. The molecule has 1 N–H and O–H groups in total. The van der Waals surface area contributed by atoms with Crippen molar-refractivity contribution in [2.24, 2.45) is 0 Å². The summed E-state index contributed by atoms with van der Waals surface area (Å²) in [5.41, 5.74) is 0.534. The second-order valence-electron chi connectivity index (χ2n) is 5.68. The summed E-state index contributed by atoms with van der Waals surface area (Å²) in [4.78, 5) is 34.1. The molecule has 0 atom stereocenters.